The fourth-order valence-corrected chi connectivity index (χ4v) is 3.93. The van der Waals surface area contributed by atoms with Crippen LogP contribution in [-0.2, 0) is 11.2 Å². The van der Waals surface area contributed by atoms with E-state index >= 15 is 0 Å². The number of carbonyl (C=O) groups is 1. The van der Waals surface area contributed by atoms with E-state index in [-0.39, 0.29) is 11.8 Å². The lowest BCUT2D eigenvalue weighted by Gasteiger charge is -2.32. The van der Waals surface area contributed by atoms with Gasteiger partial charge >= 0.3 is 0 Å². The zero-order chi connectivity index (χ0) is 21.5. The highest BCUT2D eigenvalue weighted by Gasteiger charge is 2.25. The Bertz CT molecular complexity index is 984. The summed E-state index contributed by atoms with van der Waals surface area (Å²) >= 11 is 0. The maximum Gasteiger partial charge on any atom is 0.223 e. The molecule has 31 heavy (non-hydrogen) atoms. The van der Waals surface area contributed by atoms with Crippen LogP contribution in [0.4, 0.5) is 5.82 Å². The SMILES string of the molecule is COc1ccc(-c2cc(N3CCC(C(=O)NCCc4ccccc4)CC3)ncn2)cc1. The summed E-state index contributed by atoms with van der Waals surface area (Å²) in [6, 6.07) is 20.1. The first kappa shape index (κ1) is 20.8. The minimum absolute atomic E-state index is 0.0647. The molecule has 0 atom stereocenters. The third-order valence-electron chi connectivity index (χ3n) is 5.78. The zero-order valence-electron chi connectivity index (χ0n) is 17.8. The third-order valence-corrected chi connectivity index (χ3v) is 5.78. The molecular weight excluding hydrogens is 388 g/mol. The van der Waals surface area contributed by atoms with Crippen molar-refractivity contribution in [3.8, 4) is 17.0 Å². The molecule has 0 radical (unpaired) electrons. The molecule has 1 aliphatic heterocycles. The van der Waals surface area contributed by atoms with Gasteiger partial charge in [-0.05, 0) is 49.1 Å². The van der Waals surface area contributed by atoms with Crippen molar-refractivity contribution in [2.45, 2.75) is 19.3 Å². The lowest BCUT2D eigenvalue weighted by atomic mass is 9.95. The van der Waals surface area contributed by atoms with Gasteiger partial charge in [0.05, 0.1) is 12.8 Å². The Hall–Kier alpha value is -3.41. The van der Waals surface area contributed by atoms with Gasteiger partial charge in [0.1, 0.15) is 17.9 Å². The summed E-state index contributed by atoms with van der Waals surface area (Å²) in [6.45, 7) is 2.31. The number of amides is 1. The fraction of sp³-hybridized carbons (Fsp3) is 0.320. The van der Waals surface area contributed by atoms with Gasteiger partial charge in [-0.15, -0.1) is 0 Å². The maximum atomic E-state index is 12.6. The van der Waals surface area contributed by atoms with Crippen molar-refractivity contribution in [1.82, 2.24) is 15.3 Å². The molecule has 1 amide bonds. The van der Waals surface area contributed by atoms with Gasteiger partial charge in [0.25, 0.3) is 0 Å². The Kier molecular flexibility index (Phi) is 6.77. The average molecular weight is 417 g/mol. The smallest absolute Gasteiger partial charge is 0.223 e. The van der Waals surface area contributed by atoms with Crippen LogP contribution < -0.4 is 15.0 Å². The standard InChI is InChI=1S/C25H28N4O2/c1-31-22-9-7-20(8-10-22)23-17-24(28-18-27-23)29-15-12-21(13-16-29)25(30)26-14-11-19-5-3-2-4-6-19/h2-10,17-18,21H,11-16H2,1H3,(H,26,30). The number of hydrogen-bond acceptors (Lipinski definition) is 5. The Morgan fingerprint density at radius 1 is 1.06 bits per heavy atom. The van der Waals surface area contributed by atoms with Crippen LogP contribution in [0.15, 0.2) is 67.0 Å². The molecule has 2 heterocycles. The van der Waals surface area contributed by atoms with Crippen molar-refractivity contribution in [2.75, 3.05) is 31.6 Å². The summed E-state index contributed by atoms with van der Waals surface area (Å²) in [7, 11) is 1.66. The molecular formula is C25H28N4O2. The maximum absolute atomic E-state index is 12.6. The first-order valence-electron chi connectivity index (χ1n) is 10.8. The normalized spacial score (nSPS) is 14.3. The first-order chi connectivity index (χ1) is 15.2. The number of carbonyl (C=O) groups excluding carboxylic acids is 1. The van der Waals surface area contributed by atoms with Crippen molar-refractivity contribution in [2.24, 2.45) is 5.92 Å². The lowest BCUT2D eigenvalue weighted by molar-refractivity contribution is -0.125. The van der Waals surface area contributed by atoms with E-state index in [9.17, 15) is 4.79 Å². The molecule has 0 unspecified atom stereocenters. The monoisotopic (exact) mass is 416 g/mol. The van der Waals surface area contributed by atoms with Crippen molar-refractivity contribution < 1.29 is 9.53 Å². The van der Waals surface area contributed by atoms with Crippen LogP contribution in [0, 0.1) is 5.92 Å². The lowest BCUT2D eigenvalue weighted by Crippen LogP contribution is -2.41. The molecule has 0 spiro atoms. The second-order valence-corrected chi connectivity index (χ2v) is 7.78. The first-order valence-corrected chi connectivity index (χ1v) is 10.8. The minimum atomic E-state index is 0.0647. The number of aromatic nitrogens is 2. The van der Waals surface area contributed by atoms with Crippen LogP contribution >= 0.6 is 0 Å². The summed E-state index contributed by atoms with van der Waals surface area (Å²) in [5, 5.41) is 3.10. The predicted molar refractivity (Wildman–Crippen MR) is 122 cm³/mol. The second-order valence-electron chi connectivity index (χ2n) is 7.78. The van der Waals surface area contributed by atoms with E-state index in [1.807, 2.05) is 48.5 Å². The summed E-state index contributed by atoms with van der Waals surface area (Å²) in [5.74, 6) is 1.96. The molecule has 6 heteroatoms. The zero-order valence-corrected chi connectivity index (χ0v) is 17.8. The van der Waals surface area contributed by atoms with Crippen LogP contribution in [0.3, 0.4) is 0 Å². The predicted octanol–water partition coefficient (Wildman–Crippen LogP) is 3.73. The van der Waals surface area contributed by atoms with Gasteiger partial charge < -0.3 is 15.0 Å². The molecule has 160 valence electrons. The Morgan fingerprint density at radius 2 is 1.81 bits per heavy atom. The highest BCUT2D eigenvalue weighted by atomic mass is 16.5. The molecule has 0 bridgehead atoms. The van der Waals surface area contributed by atoms with Crippen LogP contribution in [0.5, 0.6) is 5.75 Å². The number of hydrogen-bond donors (Lipinski definition) is 1. The van der Waals surface area contributed by atoms with Gasteiger partial charge in [-0.1, -0.05) is 30.3 Å². The van der Waals surface area contributed by atoms with Crippen molar-refractivity contribution in [3.63, 3.8) is 0 Å². The Morgan fingerprint density at radius 3 is 2.52 bits per heavy atom. The van der Waals surface area contributed by atoms with E-state index in [0.717, 1.165) is 55.2 Å². The van der Waals surface area contributed by atoms with Gasteiger partial charge in [-0.25, -0.2) is 9.97 Å². The third kappa shape index (κ3) is 5.40. The number of methoxy groups -OCH3 is 1. The second kappa shape index (κ2) is 10.1. The molecule has 1 fully saturated rings. The van der Waals surface area contributed by atoms with Crippen LogP contribution in [0.25, 0.3) is 11.3 Å². The van der Waals surface area contributed by atoms with Gasteiger partial charge in [-0.2, -0.15) is 0 Å². The van der Waals surface area contributed by atoms with E-state index in [0.29, 0.717) is 6.54 Å². The highest BCUT2D eigenvalue weighted by molar-refractivity contribution is 5.79. The van der Waals surface area contributed by atoms with Crippen molar-refractivity contribution in [1.29, 1.82) is 0 Å². The van der Waals surface area contributed by atoms with Gasteiger partial charge in [-0.3, -0.25) is 4.79 Å². The van der Waals surface area contributed by atoms with Crippen LogP contribution in [0.2, 0.25) is 0 Å². The molecule has 1 aromatic heterocycles. The molecule has 4 rings (SSSR count). The number of piperidine rings is 1. The van der Waals surface area contributed by atoms with Crippen molar-refractivity contribution >= 4 is 11.7 Å². The molecule has 1 N–H and O–H groups in total. The number of rotatable bonds is 7. The van der Waals surface area contributed by atoms with Crippen LogP contribution in [-0.4, -0.2) is 42.6 Å². The molecule has 2 aromatic carbocycles. The molecule has 1 saturated heterocycles. The molecule has 0 saturated carbocycles. The average Bonchev–Trinajstić information content (AvgIpc) is 2.85. The van der Waals surface area contributed by atoms with E-state index < -0.39 is 0 Å². The number of benzene rings is 2. The largest absolute Gasteiger partial charge is 0.497 e. The van der Waals surface area contributed by atoms with E-state index in [4.69, 9.17) is 4.74 Å². The van der Waals surface area contributed by atoms with E-state index in [2.05, 4.69) is 32.3 Å². The highest BCUT2D eigenvalue weighted by Crippen LogP contribution is 2.26. The molecule has 1 aliphatic rings. The van der Waals surface area contributed by atoms with Crippen LogP contribution in [0.1, 0.15) is 18.4 Å². The quantitative estimate of drug-likeness (QED) is 0.636. The number of nitrogens with one attached hydrogen (secondary N) is 1. The molecule has 3 aromatic rings. The van der Waals surface area contributed by atoms with E-state index in [1.165, 1.54) is 5.56 Å². The summed E-state index contributed by atoms with van der Waals surface area (Å²) in [4.78, 5) is 23.7. The molecule has 6 nitrogen and oxygen atoms in total. The summed E-state index contributed by atoms with van der Waals surface area (Å²) in [6.07, 6.45) is 4.13. The van der Waals surface area contributed by atoms with Gasteiger partial charge in [0.2, 0.25) is 5.91 Å². The van der Waals surface area contributed by atoms with Crippen molar-refractivity contribution in [3.05, 3.63) is 72.6 Å². The number of anilines is 1. The summed E-state index contributed by atoms with van der Waals surface area (Å²) < 4.78 is 5.23. The van der Waals surface area contributed by atoms with Gasteiger partial charge in [0.15, 0.2) is 0 Å². The van der Waals surface area contributed by atoms with E-state index in [1.54, 1.807) is 13.4 Å². The minimum Gasteiger partial charge on any atom is -0.497 e. The van der Waals surface area contributed by atoms with Gasteiger partial charge in [0, 0.05) is 37.2 Å². The topological polar surface area (TPSA) is 67.3 Å². The number of nitrogens with zero attached hydrogens (tertiary/aromatic N) is 3. The Balaban J connectivity index is 1.29. The summed E-state index contributed by atoms with van der Waals surface area (Å²) in [5.41, 5.74) is 3.15. The molecule has 0 aliphatic carbocycles. The Labute approximate surface area is 183 Å². The fourth-order valence-electron chi connectivity index (χ4n) is 3.93. The number of ether oxygens (including phenoxy) is 1.